The van der Waals surface area contributed by atoms with Crippen molar-refractivity contribution in [2.45, 2.75) is 0 Å². The normalized spacial score (nSPS) is 10.2. The van der Waals surface area contributed by atoms with Crippen LogP contribution in [-0.2, 0) is 9.59 Å². The number of nitrogens with one attached hydrogen (secondary N) is 2. The number of amides is 2. The number of benzene rings is 3. The van der Waals surface area contributed by atoms with Crippen LogP contribution in [0.1, 0.15) is 0 Å². The molecule has 0 aliphatic rings. The third-order valence-electron chi connectivity index (χ3n) is 3.85. The zero-order valence-electron chi connectivity index (χ0n) is 15.2. The van der Waals surface area contributed by atoms with E-state index in [9.17, 15) is 19.7 Å². The van der Waals surface area contributed by atoms with E-state index in [1.807, 2.05) is 36.4 Å². The summed E-state index contributed by atoms with van der Waals surface area (Å²) in [5.41, 5.74) is 4.33. The number of nitrogens with zero attached hydrogens (tertiary/aromatic N) is 1. The van der Waals surface area contributed by atoms with E-state index in [0.717, 1.165) is 10.8 Å². The van der Waals surface area contributed by atoms with Crippen LogP contribution in [0.2, 0.25) is 0 Å². The van der Waals surface area contributed by atoms with Crippen LogP contribution in [0.25, 0.3) is 10.8 Å². The molecule has 0 aliphatic carbocycles. The summed E-state index contributed by atoms with van der Waals surface area (Å²) >= 11 is 0. The first-order chi connectivity index (χ1) is 14.0. The number of nitro benzene ring substituents is 1. The average Bonchev–Trinajstić information content (AvgIpc) is 2.75. The Morgan fingerprint density at radius 2 is 1.34 bits per heavy atom. The van der Waals surface area contributed by atoms with Crippen LogP contribution in [0, 0.1) is 10.1 Å². The maximum Gasteiger partial charge on any atom is 0.276 e. The smallest absolute Gasteiger partial charge is 0.276 e. The van der Waals surface area contributed by atoms with Gasteiger partial charge in [-0.25, -0.2) is 0 Å². The fraction of sp³-hybridized carbons (Fsp3) is 0.100. The number of hydrogen-bond acceptors (Lipinski definition) is 6. The number of hydrazine groups is 1. The predicted molar refractivity (Wildman–Crippen MR) is 104 cm³/mol. The molecule has 0 unspecified atom stereocenters. The van der Waals surface area contributed by atoms with Crippen molar-refractivity contribution < 1.29 is 24.0 Å². The number of carbonyl (C=O) groups excluding carboxylic acids is 2. The van der Waals surface area contributed by atoms with Crippen LogP contribution in [0.5, 0.6) is 11.5 Å². The lowest BCUT2D eigenvalue weighted by atomic mass is 10.1. The molecular weight excluding hydrogens is 378 g/mol. The van der Waals surface area contributed by atoms with E-state index in [4.69, 9.17) is 9.47 Å². The maximum absolute atomic E-state index is 11.8. The standard InChI is InChI=1S/C20H17N3O6/c24-19(12-28-17-9-6-16(7-10-17)23(26)27)21-22-20(25)13-29-18-8-5-14-3-1-2-4-15(14)11-18/h1-11H,12-13H2,(H,21,24)(H,22,25). The molecule has 3 aromatic rings. The summed E-state index contributed by atoms with van der Waals surface area (Å²) in [5, 5.41) is 12.6. The molecule has 0 aliphatic heterocycles. The lowest BCUT2D eigenvalue weighted by Gasteiger charge is -2.10. The Labute approximate surface area is 165 Å². The van der Waals surface area contributed by atoms with E-state index in [0.29, 0.717) is 5.75 Å². The van der Waals surface area contributed by atoms with E-state index in [2.05, 4.69) is 10.9 Å². The first kappa shape index (κ1) is 19.6. The molecule has 3 aromatic carbocycles. The molecule has 0 heterocycles. The van der Waals surface area contributed by atoms with Crippen LogP contribution >= 0.6 is 0 Å². The molecule has 0 aromatic heterocycles. The van der Waals surface area contributed by atoms with Crippen molar-refractivity contribution in [3.63, 3.8) is 0 Å². The summed E-state index contributed by atoms with van der Waals surface area (Å²) in [6, 6.07) is 18.5. The zero-order valence-corrected chi connectivity index (χ0v) is 15.2. The summed E-state index contributed by atoms with van der Waals surface area (Å²) < 4.78 is 10.6. The molecule has 0 atom stereocenters. The second-order valence-corrected chi connectivity index (χ2v) is 5.93. The van der Waals surface area contributed by atoms with E-state index in [1.165, 1.54) is 24.3 Å². The molecule has 2 N–H and O–H groups in total. The van der Waals surface area contributed by atoms with Gasteiger partial charge in [0.15, 0.2) is 13.2 Å². The molecule has 9 heteroatoms. The van der Waals surface area contributed by atoms with Crippen LogP contribution in [0.4, 0.5) is 5.69 Å². The van der Waals surface area contributed by atoms with E-state index in [1.54, 1.807) is 6.07 Å². The van der Waals surface area contributed by atoms with Crippen molar-refractivity contribution >= 4 is 28.3 Å². The molecule has 0 saturated heterocycles. The molecule has 0 saturated carbocycles. The highest BCUT2D eigenvalue weighted by atomic mass is 16.6. The van der Waals surface area contributed by atoms with Crippen molar-refractivity contribution in [2.24, 2.45) is 0 Å². The third kappa shape index (κ3) is 5.67. The minimum absolute atomic E-state index is 0.0829. The first-order valence-corrected chi connectivity index (χ1v) is 8.58. The summed E-state index contributed by atoms with van der Waals surface area (Å²) in [6.45, 7) is -0.647. The maximum atomic E-state index is 11.8. The molecule has 0 fully saturated rings. The SMILES string of the molecule is O=C(COc1ccc([N+](=O)[O-])cc1)NNC(=O)COc1ccc2ccccc2c1. The molecule has 29 heavy (non-hydrogen) atoms. The zero-order chi connectivity index (χ0) is 20.6. The fourth-order valence-corrected chi connectivity index (χ4v) is 2.43. The lowest BCUT2D eigenvalue weighted by molar-refractivity contribution is -0.384. The Balaban J connectivity index is 1.39. The predicted octanol–water partition coefficient (Wildman–Crippen LogP) is 2.35. The third-order valence-corrected chi connectivity index (χ3v) is 3.85. The first-order valence-electron chi connectivity index (χ1n) is 8.58. The van der Waals surface area contributed by atoms with Crippen LogP contribution in [0.15, 0.2) is 66.7 Å². The van der Waals surface area contributed by atoms with Crippen LogP contribution in [0.3, 0.4) is 0 Å². The topological polar surface area (TPSA) is 120 Å². The van der Waals surface area contributed by atoms with Crippen molar-refractivity contribution in [1.82, 2.24) is 10.9 Å². The number of fused-ring (bicyclic) bond motifs is 1. The summed E-state index contributed by atoms with van der Waals surface area (Å²) in [5.74, 6) is -0.312. The Hall–Kier alpha value is -4.14. The highest BCUT2D eigenvalue weighted by Crippen LogP contribution is 2.20. The number of rotatable bonds is 7. The second kappa shape index (κ2) is 9.18. The van der Waals surface area contributed by atoms with Gasteiger partial charge in [-0.15, -0.1) is 0 Å². The highest BCUT2D eigenvalue weighted by Gasteiger charge is 2.08. The molecule has 0 radical (unpaired) electrons. The molecule has 0 spiro atoms. The van der Waals surface area contributed by atoms with E-state index in [-0.39, 0.29) is 24.7 Å². The Morgan fingerprint density at radius 3 is 1.97 bits per heavy atom. The average molecular weight is 395 g/mol. The monoisotopic (exact) mass is 395 g/mol. The van der Waals surface area contributed by atoms with Crippen LogP contribution in [-0.4, -0.2) is 30.0 Å². The lowest BCUT2D eigenvalue weighted by Crippen LogP contribution is -2.45. The summed E-state index contributed by atoms with van der Waals surface area (Å²) in [7, 11) is 0. The van der Waals surface area contributed by atoms with Crippen LogP contribution < -0.4 is 20.3 Å². The Kier molecular flexibility index (Phi) is 6.21. The van der Waals surface area contributed by atoms with E-state index >= 15 is 0 Å². The van der Waals surface area contributed by atoms with Crippen molar-refractivity contribution in [2.75, 3.05) is 13.2 Å². The number of nitro groups is 1. The Morgan fingerprint density at radius 1 is 0.793 bits per heavy atom. The van der Waals surface area contributed by atoms with Crippen molar-refractivity contribution in [3.8, 4) is 11.5 Å². The highest BCUT2D eigenvalue weighted by molar-refractivity contribution is 5.85. The molecule has 3 rings (SSSR count). The summed E-state index contributed by atoms with van der Waals surface area (Å²) in [4.78, 5) is 33.6. The molecule has 9 nitrogen and oxygen atoms in total. The number of non-ortho nitro benzene ring substituents is 1. The van der Waals surface area contributed by atoms with Gasteiger partial charge in [0.1, 0.15) is 11.5 Å². The number of ether oxygens (including phenoxy) is 2. The van der Waals surface area contributed by atoms with Gasteiger partial charge in [0.2, 0.25) is 0 Å². The van der Waals surface area contributed by atoms with Gasteiger partial charge in [-0.1, -0.05) is 30.3 Å². The van der Waals surface area contributed by atoms with Gasteiger partial charge < -0.3 is 9.47 Å². The van der Waals surface area contributed by atoms with Gasteiger partial charge in [-0.3, -0.25) is 30.6 Å². The molecule has 148 valence electrons. The van der Waals surface area contributed by atoms with E-state index < -0.39 is 16.7 Å². The minimum atomic E-state index is -0.595. The molecule has 2 amide bonds. The van der Waals surface area contributed by atoms with Gasteiger partial charge >= 0.3 is 0 Å². The van der Waals surface area contributed by atoms with Gasteiger partial charge in [0.05, 0.1) is 4.92 Å². The Bertz CT molecular complexity index is 1040. The second-order valence-electron chi connectivity index (χ2n) is 5.93. The van der Waals surface area contributed by atoms with Crippen molar-refractivity contribution in [3.05, 3.63) is 76.8 Å². The summed E-state index contributed by atoms with van der Waals surface area (Å²) in [6.07, 6.45) is 0. The van der Waals surface area contributed by atoms with Crippen molar-refractivity contribution in [1.29, 1.82) is 0 Å². The largest absolute Gasteiger partial charge is 0.484 e. The number of hydrogen-bond donors (Lipinski definition) is 2. The minimum Gasteiger partial charge on any atom is -0.484 e. The molecule has 0 bridgehead atoms. The molecular formula is C20H17N3O6. The van der Waals surface area contributed by atoms with Gasteiger partial charge in [-0.05, 0) is 35.0 Å². The van der Waals surface area contributed by atoms with Gasteiger partial charge in [0.25, 0.3) is 17.5 Å². The van der Waals surface area contributed by atoms with Gasteiger partial charge in [0, 0.05) is 12.1 Å². The fourth-order valence-electron chi connectivity index (χ4n) is 2.43. The number of carbonyl (C=O) groups is 2. The van der Waals surface area contributed by atoms with Gasteiger partial charge in [-0.2, -0.15) is 0 Å². The quantitative estimate of drug-likeness (QED) is 0.468.